The van der Waals surface area contributed by atoms with Crippen molar-refractivity contribution in [2.75, 3.05) is 0 Å². The van der Waals surface area contributed by atoms with Crippen LogP contribution in [0.1, 0.15) is 12.8 Å². The Morgan fingerprint density at radius 2 is 1.93 bits per heavy atom. The Kier molecular flexibility index (Phi) is 3.02. The molecular formula is C9H9NO4. The van der Waals surface area contributed by atoms with Gasteiger partial charge in [-0.25, -0.2) is 4.57 Å². The zero-order valence-corrected chi connectivity index (χ0v) is 7.27. The number of aliphatic carboxylic acids is 1. The summed E-state index contributed by atoms with van der Waals surface area (Å²) in [6, 6.07) is 5.01. The number of nitrogens with zero attached hydrogens (tertiary/aromatic N) is 1. The third kappa shape index (κ3) is 2.45. The van der Waals surface area contributed by atoms with E-state index in [1.807, 2.05) is 0 Å². The van der Waals surface area contributed by atoms with Gasteiger partial charge in [0.15, 0.2) is 0 Å². The van der Waals surface area contributed by atoms with Crippen molar-refractivity contribution in [3.8, 4) is 23.7 Å². The van der Waals surface area contributed by atoms with E-state index < -0.39 is 5.97 Å². The van der Waals surface area contributed by atoms with Gasteiger partial charge in [-0.1, -0.05) is 5.92 Å². The van der Waals surface area contributed by atoms with E-state index in [1.165, 1.54) is 12.1 Å². The summed E-state index contributed by atoms with van der Waals surface area (Å²) in [5.41, 5.74) is 0. The predicted octanol–water partition coefficient (Wildman–Crippen LogP) is 0.573. The van der Waals surface area contributed by atoms with Gasteiger partial charge in [-0.15, -0.1) is 0 Å². The number of aromatic nitrogens is 1. The van der Waals surface area contributed by atoms with E-state index in [-0.39, 0.29) is 24.6 Å². The van der Waals surface area contributed by atoms with Gasteiger partial charge in [-0.05, 0) is 0 Å². The Morgan fingerprint density at radius 3 is 2.43 bits per heavy atom. The molecule has 0 radical (unpaired) electrons. The highest BCUT2D eigenvalue weighted by molar-refractivity contribution is 5.67. The third-order valence-corrected chi connectivity index (χ3v) is 1.49. The van der Waals surface area contributed by atoms with Gasteiger partial charge in [0.1, 0.15) is 0 Å². The van der Waals surface area contributed by atoms with Crippen LogP contribution in [0.4, 0.5) is 0 Å². The van der Waals surface area contributed by atoms with Gasteiger partial charge in [-0.3, -0.25) is 4.79 Å². The molecule has 74 valence electrons. The van der Waals surface area contributed by atoms with Crippen LogP contribution in [0.3, 0.4) is 0 Å². The van der Waals surface area contributed by atoms with Crippen LogP contribution in [0.5, 0.6) is 11.8 Å². The highest BCUT2D eigenvalue weighted by Crippen LogP contribution is 2.18. The molecule has 1 heterocycles. The average Bonchev–Trinajstić information content (AvgIpc) is 2.42. The zero-order valence-electron chi connectivity index (χ0n) is 7.27. The Bertz CT molecular complexity index is 377. The standard InChI is InChI=1S/C9H9NO4/c11-7-4-5-8(12)10(7)6-2-1-3-9(13)14/h4-5,11-12H,1,3H2,(H,13,14). The molecule has 0 aliphatic heterocycles. The minimum absolute atomic E-state index is 0.0597. The maximum Gasteiger partial charge on any atom is 0.304 e. The summed E-state index contributed by atoms with van der Waals surface area (Å²) in [5.74, 6) is 1.23. The molecule has 3 N–H and O–H groups in total. The number of hydrogen-bond acceptors (Lipinski definition) is 3. The lowest BCUT2D eigenvalue weighted by atomic mass is 10.3. The lowest BCUT2D eigenvalue weighted by molar-refractivity contribution is -0.136. The lowest BCUT2D eigenvalue weighted by Gasteiger charge is -1.93. The Morgan fingerprint density at radius 1 is 1.36 bits per heavy atom. The molecule has 1 aromatic heterocycles. The van der Waals surface area contributed by atoms with Crippen molar-refractivity contribution in [1.29, 1.82) is 0 Å². The van der Waals surface area contributed by atoms with Crippen molar-refractivity contribution < 1.29 is 20.1 Å². The summed E-state index contributed by atoms with van der Waals surface area (Å²) in [6.45, 7) is 0. The second kappa shape index (κ2) is 4.23. The van der Waals surface area contributed by atoms with E-state index in [9.17, 15) is 4.79 Å². The maximum atomic E-state index is 10.1. The monoisotopic (exact) mass is 195 g/mol. The van der Waals surface area contributed by atoms with Crippen LogP contribution in [0.2, 0.25) is 0 Å². The van der Waals surface area contributed by atoms with Crippen LogP contribution in [-0.2, 0) is 4.79 Å². The van der Waals surface area contributed by atoms with Crippen LogP contribution < -0.4 is 0 Å². The quantitative estimate of drug-likeness (QED) is 0.602. The molecule has 0 aliphatic rings. The van der Waals surface area contributed by atoms with E-state index in [2.05, 4.69) is 12.0 Å². The van der Waals surface area contributed by atoms with Crippen LogP contribution in [0.25, 0.3) is 0 Å². The van der Waals surface area contributed by atoms with Crippen LogP contribution >= 0.6 is 0 Å². The smallest absolute Gasteiger partial charge is 0.304 e. The summed E-state index contributed by atoms with van der Waals surface area (Å²) >= 11 is 0. The molecule has 0 spiro atoms. The second-order valence-electron chi connectivity index (χ2n) is 2.57. The molecule has 0 bridgehead atoms. The molecule has 14 heavy (non-hydrogen) atoms. The molecule has 0 saturated heterocycles. The Balaban J connectivity index is 2.63. The van der Waals surface area contributed by atoms with Crippen molar-refractivity contribution in [1.82, 2.24) is 4.57 Å². The molecule has 0 fully saturated rings. The topological polar surface area (TPSA) is 82.7 Å². The van der Waals surface area contributed by atoms with E-state index >= 15 is 0 Å². The summed E-state index contributed by atoms with van der Waals surface area (Å²) in [5, 5.41) is 26.6. The first-order valence-electron chi connectivity index (χ1n) is 3.91. The first-order chi connectivity index (χ1) is 6.61. The van der Waals surface area contributed by atoms with Gasteiger partial charge in [-0.2, -0.15) is 0 Å². The SMILES string of the molecule is O=C(O)CCC#Cn1c(O)ccc1O. The fraction of sp³-hybridized carbons (Fsp3) is 0.222. The highest BCUT2D eigenvalue weighted by Gasteiger charge is 2.01. The van der Waals surface area contributed by atoms with E-state index in [4.69, 9.17) is 15.3 Å². The molecule has 1 rings (SSSR count). The van der Waals surface area contributed by atoms with Gasteiger partial charge >= 0.3 is 5.97 Å². The molecule has 0 atom stereocenters. The summed E-state index contributed by atoms with van der Waals surface area (Å²) < 4.78 is 0.974. The van der Waals surface area contributed by atoms with Crippen LogP contribution in [-0.4, -0.2) is 25.9 Å². The molecule has 0 unspecified atom stereocenters. The molecule has 1 aromatic rings. The van der Waals surface area contributed by atoms with Gasteiger partial charge in [0, 0.05) is 24.6 Å². The fourth-order valence-corrected chi connectivity index (χ4v) is 0.834. The molecule has 0 aromatic carbocycles. The highest BCUT2D eigenvalue weighted by atomic mass is 16.4. The number of carbonyl (C=O) groups is 1. The minimum Gasteiger partial charge on any atom is -0.494 e. The van der Waals surface area contributed by atoms with Crippen molar-refractivity contribution in [2.24, 2.45) is 0 Å². The largest absolute Gasteiger partial charge is 0.494 e. The molecule has 0 aliphatic carbocycles. The lowest BCUT2D eigenvalue weighted by Crippen LogP contribution is -1.92. The first-order valence-corrected chi connectivity index (χ1v) is 3.91. The average molecular weight is 195 g/mol. The molecule has 0 amide bonds. The first kappa shape index (κ1) is 9.99. The second-order valence-corrected chi connectivity index (χ2v) is 2.57. The van der Waals surface area contributed by atoms with Crippen molar-refractivity contribution in [3.63, 3.8) is 0 Å². The molecule has 5 heteroatoms. The number of carboxylic acid groups (broad SMARTS) is 1. The maximum absolute atomic E-state index is 10.1. The summed E-state index contributed by atoms with van der Waals surface area (Å²) in [4.78, 5) is 10.1. The summed E-state index contributed by atoms with van der Waals surface area (Å²) in [7, 11) is 0. The number of hydrogen-bond donors (Lipinski definition) is 3. The van der Waals surface area contributed by atoms with Crippen LogP contribution in [0.15, 0.2) is 12.1 Å². The van der Waals surface area contributed by atoms with E-state index in [1.54, 1.807) is 0 Å². The normalized spacial score (nSPS) is 9.14. The van der Waals surface area contributed by atoms with Gasteiger partial charge < -0.3 is 15.3 Å². The fourth-order valence-electron chi connectivity index (χ4n) is 0.834. The Labute approximate surface area is 80.2 Å². The molecular weight excluding hydrogens is 186 g/mol. The molecule has 0 saturated carbocycles. The van der Waals surface area contributed by atoms with Gasteiger partial charge in [0.2, 0.25) is 11.8 Å². The minimum atomic E-state index is -0.930. The zero-order chi connectivity index (χ0) is 10.6. The van der Waals surface area contributed by atoms with E-state index in [0.29, 0.717) is 0 Å². The number of aromatic hydroxyl groups is 2. The Hall–Kier alpha value is -2.09. The summed E-state index contributed by atoms with van der Waals surface area (Å²) in [6.07, 6.45) is 0.113. The van der Waals surface area contributed by atoms with Gasteiger partial charge in [0.25, 0.3) is 0 Å². The van der Waals surface area contributed by atoms with Gasteiger partial charge in [0.05, 0.1) is 6.42 Å². The molecule has 5 nitrogen and oxygen atoms in total. The van der Waals surface area contributed by atoms with Crippen molar-refractivity contribution in [3.05, 3.63) is 12.1 Å². The number of rotatable bonds is 2. The third-order valence-electron chi connectivity index (χ3n) is 1.49. The van der Waals surface area contributed by atoms with Crippen molar-refractivity contribution >= 4 is 5.97 Å². The number of carboxylic acids is 1. The van der Waals surface area contributed by atoms with E-state index in [0.717, 1.165) is 4.57 Å². The van der Waals surface area contributed by atoms with Crippen LogP contribution in [0, 0.1) is 12.0 Å². The van der Waals surface area contributed by atoms with Crippen molar-refractivity contribution in [2.45, 2.75) is 12.8 Å². The predicted molar refractivity (Wildman–Crippen MR) is 47.8 cm³/mol.